The number of thioether (sulfide) groups is 1. The van der Waals surface area contributed by atoms with E-state index < -0.39 is 0 Å². The van der Waals surface area contributed by atoms with Crippen LogP contribution >= 0.6 is 11.8 Å². The predicted molar refractivity (Wildman–Crippen MR) is 90.9 cm³/mol. The van der Waals surface area contributed by atoms with Crippen molar-refractivity contribution >= 4 is 11.8 Å². The first kappa shape index (κ1) is 16.1. The standard InChI is InChI=1S/C17H25N3S/c1-4-11-18-16(17-19-12-13-20(17)5-2)14-7-9-15(10-8-14)21-6-3/h7-10,12-13,16,18H,4-6,11H2,1-3H3. The number of rotatable bonds is 8. The van der Waals surface area contributed by atoms with Gasteiger partial charge in [0.2, 0.25) is 0 Å². The number of aryl methyl sites for hydroxylation is 1. The van der Waals surface area contributed by atoms with Gasteiger partial charge < -0.3 is 9.88 Å². The van der Waals surface area contributed by atoms with Gasteiger partial charge in [-0.2, -0.15) is 0 Å². The van der Waals surface area contributed by atoms with Gasteiger partial charge in [0.25, 0.3) is 0 Å². The summed E-state index contributed by atoms with van der Waals surface area (Å²) in [5.74, 6) is 2.21. The zero-order valence-corrected chi connectivity index (χ0v) is 14.0. The topological polar surface area (TPSA) is 29.9 Å². The Morgan fingerprint density at radius 2 is 1.95 bits per heavy atom. The van der Waals surface area contributed by atoms with Crippen molar-refractivity contribution in [1.82, 2.24) is 14.9 Å². The molecule has 3 nitrogen and oxygen atoms in total. The summed E-state index contributed by atoms with van der Waals surface area (Å²) in [7, 11) is 0. The monoisotopic (exact) mass is 303 g/mol. The number of nitrogens with zero attached hydrogens (tertiary/aromatic N) is 2. The molecule has 0 bridgehead atoms. The van der Waals surface area contributed by atoms with E-state index in [1.807, 2.05) is 18.0 Å². The molecule has 0 amide bonds. The smallest absolute Gasteiger partial charge is 0.130 e. The van der Waals surface area contributed by atoms with Crippen LogP contribution in [0.15, 0.2) is 41.6 Å². The average molecular weight is 303 g/mol. The molecule has 0 spiro atoms. The highest BCUT2D eigenvalue weighted by atomic mass is 32.2. The minimum atomic E-state index is 0.167. The molecule has 0 saturated carbocycles. The van der Waals surface area contributed by atoms with E-state index in [1.165, 1.54) is 10.5 Å². The second kappa shape index (κ2) is 8.25. The fourth-order valence-corrected chi connectivity index (χ4v) is 3.08. The molecule has 2 aromatic rings. The third-order valence-electron chi connectivity index (χ3n) is 3.47. The van der Waals surface area contributed by atoms with Crippen LogP contribution in [0.5, 0.6) is 0 Å². The molecule has 114 valence electrons. The molecular formula is C17H25N3S. The SMILES string of the molecule is CCCNC(c1ccc(SCC)cc1)c1nccn1CC. The van der Waals surface area contributed by atoms with Gasteiger partial charge in [0, 0.05) is 23.8 Å². The van der Waals surface area contributed by atoms with Crippen molar-refractivity contribution in [2.75, 3.05) is 12.3 Å². The van der Waals surface area contributed by atoms with Crippen LogP contribution in [0.25, 0.3) is 0 Å². The van der Waals surface area contributed by atoms with E-state index >= 15 is 0 Å². The molecule has 0 radical (unpaired) electrons. The van der Waals surface area contributed by atoms with Gasteiger partial charge in [-0.25, -0.2) is 4.98 Å². The predicted octanol–water partition coefficient (Wildman–Crippen LogP) is 4.10. The number of hydrogen-bond donors (Lipinski definition) is 1. The van der Waals surface area contributed by atoms with E-state index in [4.69, 9.17) is 0 Å². The van der Waals surface area contributed by atoms with E-state index in [0.29, 0.717) is 0 Å². The molecule has 1 atom stereocenters. The molecule has 1 N–H and O–H groups in total. The molecule has 1 unspecified atom stereocenters. The highest BCUT2D eigenvalue weighted by molar-refractivity contribution is 7.99. The number of hydrogen-bond acceptors (Lipinski definition) is 3. The van der Waals surface area contributed by atoms with E-state index in [9.17, 15) is 0 Å². The summed E-state index contributed by atoms with van der Waals surface area (Å²) < 4.78 is 2.21. The molecule has 0 aliphatic carbocycles. The summed E-state index contributed by atoms with van der Waals surface area (Å²) in [5.41, 5.74) is 1.28. The van der Waals surface area contributed by atoms with Gasteiger partial charge in [-0.3, -0.25) is 0 Å². The zero-order valence-electron chi connectivity index (χ0n) is 13.2. The van der Waals surface area contributed by atoms with E-state index in [1.54, 1.807) is 0 Å². The fourth-order valence-electron chi connectivity index (χ4n) is 2.42. The van der Waals surface area contributed by atoms with Gasteiger partial charge in [-0.15, -0.1) is 11.8 Å². The summed E-state index contributed by atoms with van der Waals surface area (Å²) >= 11 is 1.88. The summed E-state index contributed by atoms with van der Waals surface area (Å²) in [5, 5.41) is 3.62. The van der Waals surface area contributed by atoms with E-state index in [0.717, 1.165) is 31.1 Å². The molecule has 1 aromatic heterocycles. The lowest BCUT2D eigenvalue weighted by Gasteiger charge is -2.20. The minimum Gasteiger partial charge on any atom is -0.334 e. The Hall–Kier alpha value is -1.26. The maximum atomic E-state index is 4.57. The van der Waals surface area contributed by atoms with Gasteiger partial charge in [-0.1, -0.05) is 26.0 Å². The summed E-state index contributed by atoms with van der Waals surface area (Å²) in [4.78, 5) is 5.90. The summed E-state index contributed by atoms with van der Waals surface area (Å²) in [6, 6.07) is 9.03. The molecule has 0 saturated heterocycles. The van der Waals surface area contributed by atoms with Crippen LogP contribution in [0.3, 0.4) is 0 Å². The van der Waals surface area contributed by atoms with Crippen molar-refractivity contribution in [3.63, 3.8) is 0 Å². The molecule has 0 aliphatic heterocycles. The van der Waals surface area contributed by atoms with Gasteiger partial charge in [-0.05, 0) is 43.3 Å². The Labute approximate surface area is 132 Å². The molecule has 4 heteroatoms. The summed E-state index contributed by atoms with van der Waals surface area (Å²) in [6.07, 6.45) is 5.06. The van der Waals surface area contributed by atoms with Crippen LogP contribution in [-0.2, 0) is 6.54 Å². The molecular weight excluding hydrogens is 278 g/mol. The zero-order chi connectivity index (χ0) is 15.1. The first-order chi connectivity index (χ1) is 10.3. The highest BCUT2D eigenvalue weighted by Gasteiger charge is 2.18. The maximum Gasteiger partial charge on any atom is 0.130 e. The average Bonchev–Trinajstić information content (AvgIpc) is 2.98. The van der Waals surface area contributed by atoms with Crippen molar-refractivity contribution in [3.05, 3.63) is 48.0 Å². The molecule has 0 aliphatic rings. The first-order valence-electron chi connectivity index (χ1n) is 7.77. The maximum absolute atomic E-state index is 4.57. The largest absolute Gasteiger partial charge is 0.334 e. The van der Waals surface area contributed by atoms with Crippen molar-refractivity contribution in [2.45, 2.75) is 44.7 Å². The van der Waals surface area contributed by atoms with Crippen molar-refractivity contribution in [2.24, 2.45) is 0 Å². The minimum absolute atomic E-state index is 0.167. The Balaban J connectivity index is 2.26. The van der Waals surface area contributed by atoms with E-state index in [2.05, 4.69) is 66.1 Å². The quantitative estimate of drug-likeness (QED) is 0.745. The molecule has 2 rings (SSSR count). The van der Waals surface area contributed by atoms with Crippen LogP contribution in [0.2, 0.25) is 0 Å². The highest BCUT2D eigenvalue weighted by Crippen LogP contribution is 2.24. The van der Waals surface area contributed by atoms with Crippen LogP contribution in [0.4, 0.5) is 0 Å². The van der Waals surface area contributed by atoms with Crippen molar-refractivity contribution < 1.29 is 0 Å². The third-order valence-corrected chi connectivity index (χ3v) is 4.36. The second-order valence-corrected chi connectivity index (χ2v) is 6.30. The first-order valence-corrected chi connectivity index (χ1v) is 8.75. The number of imidazole rings is 1. The van der Waals surface area contributed by atoms with E-state index in [-0.39, 0.29) is 6.04 Å². The third kappa shape index (κ3) is 4.11. The molecule has 21 heavy (non-hydrogen) atoms. The lowest BCUT2D eigenvalue weighted by Crippen LogP contribution is -2.26. The summed E-state index contributed by atoms with van der Waals surface area (Å²) in [6.45, 7) is 8.47. The molecule has 1 aromatic carbocycles. The lowest BCUT2D eigenvalue weighted by atomic mass is 10.1. The lowest BCUT2D eigenvalue weighted by molar-refractivity contribution is 0.541. The van der Waals surface area contributed by atoms with Gasteiger partial charge in [0.05, 0.1) is 6.04 Å². The van der Waals surface area contributed by atoms with Crippen LogP contribution in [-0.4, -0.2) is 21.8 Å². The molecule has 0 fully saturated rings. The van der Waals surface area contributed by atoms with Gasteiger partial charge in [0.15, 0.2) is 0 Å². The second-order valence-electron chi connectivity index (χ2n) is 4.96. The number of aromatic nitrogens is 2. The Kier molecular flexibility index (Phi) is 6.33. The Morgan fingerprint density at radius 1 is 1.19 bits per heavy atom. The van der Waals surface area contributed by atoms with Crippen LogP contribution in [0.1, 0.15) is 44.6 Å². The van der Waals surface area contributed by atoms with Gasteiger partial charge >= 0.3 is 0 Å². The fraction of sp³-hybridized carbons (Fsp3) is 0.471. The van der Waals surface area contributed by atoms with Gasteiger partial charge in [0.1, 0.15) is 5.82 Å². The molecule has 1 heterocycles. The van der Waals surface area contributed by atoms with Crippen molar-refractivity contribution in [1.29, 1.82) is 0 Å². The number of benzene rings is 1. The number of nitrogens with one attached hydrogen (secondary N) is 1. The van der Waals surface area contributed by atoms with Crippen LogP contribution in [0, 0.1) is 0 Å². The van der Waals surface area contributed by atoms with Crippen molar-refractivity contribution in [3.8, 4) is 0 Å². The van der Waals surface area contributed by atoms with Crippen LogP contribution < -0.4 is 5.32 Å². The Morgan fingerprint density at radius 3 is 2.57 bits per heavy atom. The normalized spacial score (nSPS) is 12.5. The Bertz CT molecular complexity index is 533.